The number of rotatable bonds is 4. The summed E-state index contributed by atoms with van der Waals surface area (Å²) in [6.45, 7) is 14.4. The highest BCUT2D eigenvalue weighted by Crippen LogP contribution is 2.47. The van der Waals surface area contributed by atoms with E-state index in [0.717, 1.165) is 32.2 Å². The Labute approximate surface area is 272 Å². The third-order valence-corrected chi connectivity index (χ3v) is 9.33. The molecule has 3 aliphatic rings. The zero-order valence-corrected chi connectivity index (χ0v) is 27.9. The average Bonchev–Trinajstić information content (AvgIpc) is 2.97. The van der Waals surface area contributed by atoms with Gasteiger partial charge in [0.1, 0.15) is 29.7 Å². The molecule has 0 N–H and O–H groups in total. The van der Waals surface area contributed by atoms with Gasteiger partial charge in [0.2, 0.25) is 0 Å². The average molecular weight is 659 g/mol. The van der Waals surface area contributed by atoms with E-state index in [0.29, 0.717) is 36.4 Å². The van der Waals surface area contributed by atoms with E-state index in [1.54, 1.807) is 15.5 Å². The van der Waals surface area contributed by atoms with Crippen LogP contribution < -0.4 is 15.3 Å². The number of hydrogen-bond acceptors (Lipinski definition) is 8. The van der Waals surface area contributed by atoms with E-state index >= 15 is 4.39 Å². The molecule has 2 saturated heterocycles. The van der Waals surface area contributed by atoms with Crippen LogP contribution in [0.25, 0.3) is 22.0 Å². The number of amides is 1. The van der Waals surface area contributed by atoms with E-state index in [-0.39, 0.29) is 46.6 Å². The fourth-order valence-electron chi connectivity index (χ4n) is 6.68. The number of hydrogen-bond donors (Lipinski definition) is 0. The number of nitrogens with zero attached hydrogens (tertiary/aromatic N) is 6. The molecular formula is C33H41ClF2N6O4. The largest absolute Gasteiger partial charge is 0.488 e. The number of aromatic nitrogens is 2. The highest BCUT2D eigenvalue weighted by molar-refractivity contribution is 6.35. The second kappa shape index (κ2) is 12.3. The zero-order valence-electron chi connectivity index (χ0n) is 27.1. The summed E-state index contributed by atoms with van der Waals surface area (Å²) in [7, 11) is 2.09. The zero-order chi connectivity index (χ0) is 33.1. The van der Waals surface area contributed by atoms with Crippen LogP contribution in [0.2, 0.25) is 5.02 Å². The lowest BCUT2D eigenvalue weighted by atomic mass is 9.99. The molecule has 10 nitrogen and oxygen atoms in total. The molecule has 3 aromatic rings. The Balaban J connectivity index is 1.47. The number of anilines is 1. The number of likely N-dealkylation sites (N-methyl/N-ethyl adjacent to an activating group) is 1. The molecule has 1 amide bonds. The third kappa shape index (κ3) is 6.14. The normalized spacial score (nSPS) is 22.7. The molecule has 0 spiro atoms. The Bertz CT molecular complexity index is 1720. The van der Waals surface area contributed by atoms with Crippen molar-refractivity contribution in [3.05, 3.63) is 51.4 Å². The van der Waals surface area contributed by atoms with Crippen LogP contribution in [0.15, 0.2) is 29.1 Å². The van der Waals surface area contributed by atoms with Crippen molar-refractivity contribution >= 4 is 34.4 Å². The number of carbonyl (C=O) groups excluding carboxylic acids is 1. The second-order valence-electron chi connectivity index (χ2n) is 13.7. The summed E-state index contributed by atoms with van der Waals surface area (Å²) in [5.74, 6) is -0.824. The number of ether oxygens (including phenoxy) is 2. The summed E-state index contributed by atoms with van der Waals surface area (Å²) in [6.07, 6.45) is -0.398. The molecule has 3 atom stereocenters. The SMILES string of the molecule is C[C@H]1CN(c2nc(=O)n3c4c(c(-c5ccc(F)cc5F)c(Cl)cc24)OC[C@H]3CN2CCN(C)CC2)[C@@H](C)CN1C(=O)OC(C)(C)C. The Hall–Kier alpha value is -3.48. The fraction of sp³-hybridized carbons (Fsp3) is 0.545. The molecule has 0 radical (unpaired) electrons. The predicted octanol–water partition coefficient (Wildman–Crippen LogP) is 5.01. The van der Waals surface area contributed by atoms with Gasteiger partial charge in [0.05, 0.1) is 16.6 Å². The lowest BCUT2D eigenvalue weighted by molar-refractivity contribution is 0.0130. The Morgan fingerprint density at radius 3 is 2.48 bits per heavy atom. The molecule has 2 aromatic carbocycles. The smallest absolute Gasteiger partial charge is 0.410 e. The van der Waals surface area contributed by atoms with Gasteiger partial charge in [0.25, 0.3) is 0 Å². The van der Waals surface area contributed by atoms with Gasteiger partial charge in [-0.25, -0.2) is 18.4 Å². The molecule has 46 heavy (non-hydrogen) atoms. The summed E-state index contributed by atoms with van der Waals surface area (Å²) >= 11 is 6.90. The molecule has 1 aromatic heterocycles. The van der Waals surface area contributed by atoms with E-state index in [9.17, 15) is 14.0 Å². The topological polar surface area (TPSA) is 83.4 Å². The van der Waals surface area contributed by atoms with Crippen molar-refractivity contribution in [2.45, 2.75) is 58.3 Å². The van der Waals surface area contributed by atoms with Gasteiger partial charge in [-0.15, -0.1) is 0 Å². The van der Waals surface area contributed by atoms with Crippen LogP contribution in [-0.2, 0) is 4.74 Å². The van der Waals surface area contributed by atoms with E-state index in [4.69, 9.17) is 21.1 Å². The quantitative estimate of drug-likeness (QED) is 0.387. The second-order valence-corrected chi connectivity index (χ2v) is 14.1. The first-order chi connectivity index (χ1) is 21.7. The summed E-state index contributed by atoms with van der Waals surface area (Å²) < 4.78 is 42.8. The maximum atomic E-state index is 15.2. The van der Waals surface area contributed by atoms with Gasteiger partial charge in [-0.05, 0) is 59.9 Å². The number of benzene rings is 2. The monoisotopic (exact) mass is 658 g/mol. The van der Waals surface area contributed by atoms with Gasteiger partial charge in [0, 0.05) is 80.5 Å². The Morgan fingerprint density at radius 2 is 1.80 bits per heavy atom. The van der Waals surface area contributed by atoms with E-state index in [1.807, 2.05) is 39.5 Å². The van der Waals surface area contributed by atoms with Crippen molar-refractivity contribution in [3.63, 3.8) is 0 Å². The predicted molar refractivity (Wildman–Crippen MR) is 174 cm³/mol. The van der Waals surface area contributed by atoms with Crippen molar-refractivity contribution in [1.82, 2.24) is 24.3 Å². The van der Waals surface area contributed by atoms with E-state index in [1.165, 1.54) is 12.1 Å². The fourth-order valence-corrected chi connectivity index (χ4v) is 6.98. The molecule has 0 aliphatic carbocycles. The minimum absolute atomic E-state index is 0.0751. The van der Waals surface area contributed by atoms with Crippen LogP contribution in [0.5, 0.6) is 5.75 Å². The molecule has 13 heteroatoms. The van der Waals surface area contributed by atoms with Crippen LogP contribution >= 0.6 is 11.6 Å². The highest BCUT2D eigenvalue weighted by Gasteiger charge is 2.38. The van der Waals surface area contributed by atoms with Crippen LogP contribution in [0.3, 0.4) is 0 Å². The van der Waals surface area contributed by atoms with Crippen LogP contribution in [0.1, 0.15) is 40.7 Å². The first-order valence-electron chi connectivity index (χ1n) is 15.8. The first kappa shape index (κ1) is 32.5. The number of piperazine rings is 2. The summed E-state index contributed by atoms with van der Waals surface area (Å²) in [6, 6.07) is 4.18. The maximum Gasteiger partial charge on any atom is 0.410 e. The van der Waals surface area contributed by atoms with Crippen molar-refractivity contribution in [2.24, 2.45) is 0 Å². The van der Waals surface area contributed by atoms with Gasteiger partial charge >= 0.3 is 11.8 Å². The molecule has 0 unspecified atom stereocenters. The standard InChI is InChI=1S/C33H41ClF2N6O4/c1-19-16-41(32(44)46-33(3,4)5)20(2)15-40(19)30-24-14-25(34)27(23-8-7-21(35)13-26(23)36)29-28(24)42(31(43)37-30)22(18-45-29)17-39-11-9-38(6)10-12-39/h7-8,13-14,19-20,22H,9-12,15-18H2,1-6H3/t19-,20-,22+/m0/s1. The minimum atomic E-state index is -0.787. The Kier molecular flexibility index (Phi) is 8.66. The summed E-state index contributed by atoms with van der Waals surface area (Å²) in [5.41, 5.74) is -0.286. The molecule has 0 saturated carbocycles. The molecule has 0 bridgehead atoms. The van der Waals surface area contributed by atoms with Crippen LogP contribution in [0.4, 0.5) is 19.4 Å². The molecule has 4 heterocycles. The van der Waals surface area contributed by atoms with Crippen molar-refractivity contribution < 1.29 is 23.0 Å². The van der Waals surface area contributed by atoms with Gasteiger partial charge < -0.3 is 24.2 Å². The van der Waals surface area contributed by atoms with Crippen molar-refractivity contribution in [3.8, 4) is 16.9 Å². The molecule has 2 fully saturated rings. The highest BCUT2D eigenvalue weighted by atomic mass is 35.5. The lowest BCUT2D eigenvalue weighted by Crippen LogP contribution is -2.59. The van der Waals surface area contributed by atoms with Crippen LogP contribution in [0, 0.1) is 11.6 Å². The van der Waals surface area contributed by atoms with E-state index < -0.39 is 29.0 Å². The van der Waals surface area contributed by atoms with Crippen molar-refractivity contribution in [2.75, 3.05) is 64.4 Å². The first-order valence-corrected chi connectivity index (χ1v) is 16.1. The summed E-state index contributed by atoms with van der Waals surface area (Å²) in [4.78, 5) is 40.0. The van der Waals surface area contributed by atoms with Gasteiger partial charge in [-0.2, -0.15) is 4.98 Å². The molecule has 3 aliphatic heterocycles. The molecule has 6 rings (SSSR count). The van der Waals surface area contributed by atoms with Crippen molar-refractivity contribution in [1.29, 1.82) is 0 Å². The third-order valence-electron chi connectivity index (χ3n) is 9.03. The summed E-state index contributed by atoms with van der Waals surface area (Å²) in [5, 5.41) is 0.769. The Morgan fingerprint density at radius 1 is 1.09 bits per heavy atom. The van der Waals surface area contributed by atoms with Gasteiger partial charge in [-0.1, -0.05) is 11.6 Å². The number of carbonyl (C=O) groups is 1. The van der Waals surface area contributed by atoms with Crippen LogP contribution in [-0.4, -0.2) is 107 Å². The van der Waals surface area contributed by atoms with E-state index in [2.05, 4.69) is 21.8 Å². The molecular weight excluding hydrogens is 618 g/mol. The molecule has 248 valence electrons. The van der Waals surface area contributed by atoms with Gasteiger partial charge in [0.15, 0.2) is 5.75 Å². The maximum absolute atomic E-state index is 15.2. The number of halogens is 3. The lowest BCUT2D eigenvalue weighted by Gasteiger charge is -2.45. The van der Waals surface area contributed by atoms with Gasteiger partial charge in [-0.3, -0.25) is 9.47 Å². The minimum Gasteiger partial charge on any atom is -0.488 e.